The maximum Gasteiger partial charge on any atom is 0.269 e. The van der Waals surface area contributed by atoms with E-state index in [0.29, 0.717) is 0 Å². The second-order valence-corrected chi connectivity index (χ2v) is 12.3. The van der Waals surface area contributed by atoms with E-state index in [2.05, 4.69) is 152 Å². The van der Waals surface area contributed by atoms with Crippen LogP contribution in [0.1, 0.15) is 0 Å². The van der Waals surface area contributed by atoms with E-state index in [4.69, 9.17) is 9.72 Å². The summed E-state index contributed by atoms with van der Waals surface area (Å²) in [5, 5.41) is 2.29. The lowest BCUT2D eigenvalue weighted by molar-refractivity contribution is -0.572. The zero-order valence-electron chi connectivity index (χ0n) is 26.9. The van der Waals surface area contributed by atoms with E-state index in [0.717, 1.165) is 78.4 Å². The van der Waals surface area contributed by atoms with Crippen molar-refractivity contribution < 1.29 is 9.30 Å². The molecule has 0 aliphatic carbocycles. The summed E-state index contributed by atoms with van der Waals surface area (Å²) in [5.41, 5.74) is 9.27. The fraction of sp³-hybridized carbons (Fsp3) is 0. The van der Waals surface area contributed by atoms with Crippen LogP contribution in [0.2, 0.25) is 0 Å². The van der Waals surface area contributed by atoms with Gasteiger partial charge in [-0.2, -0.15) is 0 Å². The molecule has 0 fully saturated rings. The molecular formula is C44H29N5O. The molecule has 6 nitrogen and oxygen atoms in total. The summed E-state index contributed by atoms with van der Waals surface area (Å²) in [7, 11) is 0. The summed E-state index contributed by atoms with van der Waals surface area (Å²) in [6, 6.07) is 60.4. The summed E-state index contributed by atoms with van der Waals surface area (Å²) < 4.78 is 15.3. The van der Waals surface area contributed by atoms with Crippen LogP contribution < -0.4 is 9.30 Å². The Morgan fingerprint density at radius 1 is 0.480 bits per heavy atom. The normalized spacial score (nSPS) is 11.6. The zero-order valence-corrected chi connectivity index (χ0v) is 26.9. The van der Waals surface area contributed by atoms with Crippen LogP contribution in [0, 0.1) is 6.33 Å². The maximum atomic E-state index is 6.64. The lowest BCUT2D eigenvalue weighted by atomic mass is 10.1. The Morgan fingerprint density at radius 3 is 2.00 bits per heavy atom. The van der Waals surface area contributed by atoms with Crippen molar-refractivity contribution in [3.63, 3.8) is 0 Å². The summed E-state index contributed by atoms with van der Waals surface area (Å²) in [6.07, 6.45) is 3.57. The van der Waals surface area contributed by atoms with E-state index < -0.39 is 0 Å². The number of nitrogens with zero attached hydrogens (tertiary/aromatic N) is 5. The minimum absolute atomic E-state index is 0.735. The van der Waals surface area contributed by atoms with Crippen LogP contribution in [0.15, 0.2) is 176 Å². The van der Waals surface area contributed by atoms with E-state index in [9.17, 15) is 0 Å². The van der Waals surface area contributed by atoms with Crippen molar-refractivity contribution in [3.05, 3.63) is 182 Å². The molecule has 0 atom stereocenters. The Bertz CT molecular complexity index is 2850. The third-order valence-corrected chi connectivity index (χ3v) is 9.29. The molecule has 3 heterocycles. The Labute approximate surface area is 287 Å². The summed E-state index contributed by atoms with van der Waals surface area (Å²) in [4.78, 5) is 5.22. The number of hydrogen-bond donors (Lipinski definition) is 0. The molecule has 7 aromatic carbocycles. The van der Waals surface area contributed by atoms with Gasteiger partial charge in [0.25, 0.3) is 6.33 Å². The first kappa shape index (κ1) is 28.1. The van der Waals surface area contributed by atoms with Crippen LogP contribution in [0.5, 0.6) is 11.5 Å². The Balaban J connectivity index is 1.11. The maximum absolute atomic E-state index is 6.64. The van der Waals surface area contributed by atoms with Crippen LogP contribution in [0.4, 0.5) is 0 Å². The van der Waals surface area contributed by atoms with Crippen molar-refractivity contribution in [3.8, 4) is 34.5 Å². The molecule has 0 saturated heterocycles. The lowest BCUT2D eigenvalue weighted by Gasteiger charge is -2.13. The van der Waals surface area contributed by atoms with Crippen molar-refractivity contribution >= 4 is 43.9 Å². The van der Waals surface area contributed by atoms with Gasteiger partial charge in [-0.1, -0.05) is 97.1 Å². The SMILES string of the molecule is [c-]1n(-c2cccc(Oc3ccc4c5ccccc5n(-c5nc6ccccc6n5-c5ccccc5)c4c3)c2)c2ccccc2[n+]1-c1ccccc1. The van der Waals surface area contributed by atoms with Crippen molar-refractivity contribution in [2.24, 2.45) is 0 Å². The van der Waals surface area contributed by atoms with Gasteiger partial charge in [0.2, 0.25) is 5.95 Å². The predicted molar refractivity (Wildman–Crippen MR) is 199 cm³/mol. The van der Waals surface area contributed by atoms with Gasteiger partial charge in [0, 0.05) is 22.5 Å². The largest absolute Gasteiger partial charge is 0.458 e. The summed E-state index contributed by atoms with van der Waals surface area (Å²) in [5.74, 6) is 2.30. The number of aromatic nitrogens is 5. The molecule has 0 amide bonds. The summed E-state index contributed by atoms with van der Waals surface area (Å²) >= 11 is 0. The van der Waals surface area contributed by atoms with Crippen LogP contribution in [-0.4, -0.2) is 18.7 Å². The van der Waals surface area contributed by atoms with Crippen molar-refractivity contribution in [2.75, 3.05) is 0 Å². The van der Waals surface area contributed by atoms with Gasteiger partial charge >= 0.3 is 0 Å². The molecule has 0 N–H and O–H groups in total. The molecule has 0 radical (unpaired) electrons. The third kappa shape index (κ3) is 4.50. The van der Waals surface area contributed by atoms with Crippen molar-refractivity contribution in [1.29, 1.82) is 0 Å². The highest BCUT2D eigenvalue weighted by Crippen LogP contribution is 2.37. The number of benzene rings is 7. The quantitative estimate of drug-likeness (QED) is 0.134. The standard InChI is InChI=1S/C44H29N5O/c1-3-14-31(15-4-1)46-30-47(42-25-12-11-24-41(42)46)33-18-13-19-34(28-33)50-35-26-27-37-36-20-7-9-22-39(36)49(43(37)29-35)44-45-38-21-8-10-23-40(38)48(44)32-16-5-2-6-17-32/h1-29H. The topological polar surface area (TPSA) is 40.8 Å². The van der Waals surface area contributed by atoms with E-state index in [1.165, 1.54) is 0 Å². The molecule has 0 saturated carbocycles. The monoisotopic (exact) mass is 643 g/mol. The fourth-order valence-electron chi connectivity index (χ4n) is 7.07. The average molecular weight is 644 g/mol. The number of fused-ring (bicyclic) bond motifs is 5. The first-order chi connectivity index (χ1) is 24.8. The molecule has 10 aromatic rings. The van der Waals surface area contributed by atoms with Crippen molar-refractivity contribution in [2.45, 2.75) is 0 Å². The molecule has 0 spiro atoms. The van der Waals surface area contributed by atoms with Gasteiger partial charge in [-0.05, 0) is 72.8 Å². The molecule has 0 unspecified atom stereocenters. The van der Waals surface area contributed by atoms with Gasteiger partial charge in [0.05, 0.1) is 44.5 Å². The molecule has 50 heavy (non-hydrogen) atoms. The molecule has 3 aromatic heterocycles. The number of rotatable bonds is 6. The first-order valence-corrected chi connectivity index (χ1v) is 16.7. The molecule has 236 valence electrons. The van der Waals surface area contributed by atoms with E-state index >= 15 is 0 Å². The van der Waals surface area contributed by atoms with Gasteiger partial charge in [-0.3, -0.25) is 18.3 Å². The number of imidazole rings is 2. The van der Waals surface area contributed by atoms with Gasteiger partial charge in [0.15, 0.2) is 0 Å². The van der Waals surface area contributed by atoms with Crippen LogP contribution in [0.25, 0.3) is 66.9 Å². The minimum atomic E-state index is 0.735. The Morgan fingerprint density at radius 2 is 1.14 bits per heavy atom. The smallest absolute Gasteiger partial charge is 0.269 e. The predicted octanol–water partition coefficient (Wildman–Crippen LogP) is 9.94. The van der Waals surface area contributed by atoms with Crippen LogP contribution in [0.3, 0.4) is 0 Å². The van der Waals surface area contributed by atoms with Crippen LogP contribution in [-0.2, 0) is 0 Å². The van der Waals surface area contributed by atoms with Crippen molar-refractivity contribution in [1.82, 2.24) is 18.7 Å². The minimum Gasteiger partial charge on any atom is -0.458 e. The molecule has 10 rings (SSSR count). The summed E-state index contributed by atoms with van der Waals surface area (Å²) in [6.45, 7) is 0. The second kappa shape index (κ2) is 11.4. The fourth-order valence-corrected chi connectivity index (χ4v) is 7.07. The highest BCUT2D eigenvalue weighted by Gasteiger charge is 2.20. The van der Waals surface area contributed by atoms with Gasteiger partial charge in [-0.25, -0.2) is 4.98 Å². The van der Waals surface area contributed by atoms with Gasteiger partial charge < -0.3 is 4.74 Å². The zero-order chi connectivity index (χ0) is 33.0. The van der Waals surface area contributed by atoms with Crippen LogP contribution >= 0.6 is 0 Å². The molecular weight excluding hydrogens is 615 g/mol. The highest BCUT2D eigenvalue weighted by molar-refractivity contribution is 6.09. The highest BCUT2D eigenvalue weighted by atomic mass is 16.5. The van der Waals surface area contributed by atoms with E-state index in [-0.39, 0.29) is 0 Å². The molecule has 6 heteroatoms. The average Bonchev–Trinajstić information content (AvgIpc) is 3.85. The first-order valence-electron chi connectivity index (χ1n) is 16.7. The van der Waals surface area contributed by atoms with Gasteiger partial charge in [0.1, 0.15) is 11.5 Å². The Kier molecular flexibility index (Phi) is 6.39. The van der Waals surface area contributed by atoms with Gasteiger partial charge in [-0.15, -0.1) is 0 Å². The number of ether oxygens (including phenoxy) is 1. The molecule has 0 aliphatic heterocycles. The molecule has 0 aliphatic rings. The lowest BCUT2D eigenvalue weighted by Crippen LogP contribution is -2.29. The third-order valence-electron chi connectivity index (χ3n) is 9.29. The molecule has 0 bridgehead atoms. The number of hydrogen-bond acceptors (Lipinski definition) is 2. The Hall–Kier alpha value is -6.92. The van der Waals surface area contributed by atoms with E-state index in [1.807, 2.05) is 48.5 Å². The van der Waals surface area contributed by atoms with E-state index in [1.54, 1.807) is 0 Å². The number of para-hydroxylation sites is 7. The second-order valence-electron chi connectivity index (χ2n) is 12.3.